The number of anilines is 4. The van der Waals surface area contributed by atoms with Crippen molar-refractivity contribution < 1.29 is 51.5 Å². The van der Waals surface area contributed by atoms with Gasteiger partial charge in [0.25, 0.3) is 5.91 Å². The number of amides is 5. The monoisotopic (exact) mass is 1530 g/mol. The molecule has 1 aliphatic heterocycles. The summed E-state index contributed by atoms with van der Waals surface area (Å²) in [7, 11) is 6.88. The number of aromatic nitrogens is 6. The maximum atomic E-state index is 14.5. The van der Waals surface area contributed by atoms with Crippen molar-refractivity contribution in [2.24, 2.45) is 4.99 Å². The number of nitrogens with zero attached hydrogens (tertiary/aromatic N) is 11. The number of hydrogen-bond acceptors (Lipinski definition) is 15. The van der Waals surface area contributed by atoms with E-state index in [1.165, 1.54) is 30.1 Å². The molecule has 23 heteroatoms. The van der Waals surface area contributed by atoms with Crippen molar-refractivity contribution in [2.45, 2.75) is 106 Å². The molecule has 0 bridgehead atoms. The van der Waals surface area contributed by atoms with E-state index in [0.29, 0.717) is 66.6 Å². The number of nitrogens with one attached hydrogen (secondary N) is 1. The molecule has 0 aliphatic carbocycles. The smallest absolute Gasteiger partial charge is 0.269 e. The van der Waals surface area contributed by atoms with Crippen LogP contribution in [0.15, 0.2) is 236 Å². The van der Waals surface area contributed by atoms with Gasteiger partial charge in [-0.2, -0.15) is 13.8 Å². The van der Waals surface area contributed by atoms with Gasteiger partial charge < -0.3 is 24.9 Å². The molecule has 0 fully saturated rings. The SMILES string of the molecule is CCC(=O)N(C)c1ccc(-c2ccc(C(=O)Cc3cccnc3)cc2)cc1C.CCC(=O)N(C)c1ccc(-c2ccc(C(=O)Cc3cccnc3)cn2)cc1C.CCC(=O)N(C)c1ccc(-c2ccc(C(=O)Cc3cccnc3)nc2)cc1C.CCC(=O)N(C)c1ccc(C2=NC(C(=O)NCc3ccc(F)nc3F)=CC2)cc1F. The third-order valence-electron chi connectivity index (χ3n) is 18.9. The molecular weight excluding hydrogens is 1450 g/mol. The largest absolute Gasteiger partial charge is 0.346 e. The minimum absolute atomic E-state index is 0.0123. The maximum Gasteiger partial charge on any atom is 0.269 e. The third-order valence-corrected chi connectivity index (χ3v) is 18.9. The average Bonchev–Trinajstić information content (AvgIpc) is 1.00. The molecule has 1 aliphatic rings. The molecule has 11 aromatic rings. The molecule has 0 unspecified atom stereocenters. The Labute approximate surface area is 661 Å². The van der Waals surface area contributed by atoms with Crippen LogP contribution in [0.5, 0.6) is 0 Å². The normalized spacial score (nSPS) is 11.2. The first-order valence-electron chi connectivity index (χ1n) is 37.1. The van der Waals surface area contributed by atoms with Gasteiger partial charge in [-0.05, 0) is 180 Å². The van der Waals surface area contributed by atoms with Crippen molar-refractivity contribution >= 4 is 75.3 Å². The number of aryl methyl sites for hydroxylation is 3. The molecule has 0 spiro atoms. The molecule has 20 nitrogen and oxygen atoms in total. The van der Waals surface area contributed by atoms with Crippen molar-refractivity contribution in [3.05, 3.63) is 310 Å². The average molecular weight is 1540 g/mol. The minimum atomic E-state index is -0.998. The summed E-state index contributed by atoms with van der Waals surface area (Å²) in [5.74, 6) is -2.98. The molecular formula is C91H89F3N12O8. The highest BCUT2D eigenvalue weighted by atomic mass is 19.1. The van der Waals surface area contributed by atoms with Gasteiger partial charge in [0.05, 0.1) is 17.1 Å². The number of halogens is 3. The molecule has 114 heavy (non-hydrogen) atoms. The van der Waals surface area contributed by atoms with Gasteiger partial charge in [0.1, 0.15) is 17.2 Å². The van der Waals surface area contributed by atoms with E-state index in [9.17, 15) is 51.5 Å². The topological polar surface area (TPSA) is 251 Å². The number of hydrogen-bond donors (Lipinski definition) is 1. The molecule has 6 aromatic heterocycles. The van der Waals surface area contributed by atoms with E-state index in [0.717, 1.165) is 90.0 Å². The Hall–Kier alpha value is -13.4. The van der Waals surface area contributed by atoms with E-state index in [1.807, 2.05) is 163 Å². The first-order valence-corrected chi connectivity index (χ1v) is 37.1. The fourth-order valence-corrected chi connectivity index (χ4v) is 12.3. The Balaban J connectivity index is 0.000000174. The lowest BCUT2D eigenvalue weighted by atomic mass is 9.98. The van der Waals surface area contributed by atoms with Crippen molar-refractivity contribution in [1.29, 1.82) is 0 Å². The lowest BCUT2D eigenvalue weighted by Crippen LogP contribution is -2.26. The van der Waals surface area contributed by atoms with Crippen LogP contribution in [0.3, 0.4) is 0 Å². The molecule has 5 aromatic carbocycles. The Kier molecular flexibility index (Phi) is 30.0. The molecule has 1 N–H and O–H groups in total. The van der Waals surface area contributed by atoms with E-state index < -0.39 is 23.6 Å². The van der Waals surface area contributed by atoms with Crippen LogP contribution in [0.25, 0.3) is 33.5 Å². The number of ketones is 3. The summed E-state index contributed by atoms with van der Waals surface area (Å²) in [6.45, 7) is 13.0. The predicted molar refractivity (Wildman–Crippen MR) is 439 cm³/mol. The second-order valence-electron chi connectivity index (χ2n) is 26.8. The second-order valence-corrected chi connectivity index (χ2v) is 26.8. The summed E-state index contributed by atoms with van der Waals surface area (Å²) < 4.78 is 40.9. The molecule has 0 atom stereocenters. The van der Waals surface area contributed by atoms with Gasteiger partial charge in [-0.15, -0.1) is 0 Å². The lowest BCUT2D eigenvalue weighted by Gasteiger charge is -2.19. The van der Waals surface area contributed by atoms with E-state index in [-0.39, 0.29) is 77.3 Å². The zero-order valence-electron chi connectivity index (χ0n) is 65.5. The fourth-order valence-electron chi connectivity index (χ4n) is 12.3. The molecule has 5 amide bonds. The summed E-state index contributed by atoms with van der Waals surface area (Å²) in [6.07, 6.45) is 18.0. The van der Waals surface area contributed by atoms with E-state index >= 15 is 0 Å². The van der Waals surface area contributed by atoms with Gasteiger partial charge in [-0.25, -0.2) is 9.38 Å². The summed E-state index contributed by atoms with van der Waals surface area (Å²) in [4.78, 5) is 132. The Morgan fingerprint density at radius 2 is 0.860 bits per heavy atom. The van der Waals surface area contributed by atoms with Crippen LogP contribution in [-0.4, -0.2) is 111 Å². The van der Waals surface area contributed by atoms with Crippen molar-refractivity contribution in [3.63, 3.8) is 0 Å². The highest BCUT2D eigenvalue weighted by Crippen LogP contribution is 2.32. The third kappa shape index (κ3) is 22.6. The molecule has 0 saturated carbocycles. The van der Waals surface area contributed by atoms with Crippen molar-refractivity contribution in [1.82, 2.24) is 35.2 Å². The Morgan fingerprint density at radius 1 is 0.421 bits per heavy atom. The highest BCUT2D eigenvalue weighted by molar-refractivity contribution is 6.09. The van der Waals surface area contributed by atoms with Crippen molar-refractivity contribution in [3.8, 4) is 33.5 Å². The summed E-state index contributed by atoms with van der Waals surface area (Å²) in [5.41, 5.74) is 17.2. The van der Waals surface area contributed by atoms with Gasteiger partial charge in [0, 0.05) is 181 Å². The van der Waals surface area contributed by atoms with Crippen LogP contribution < -0.4 is 24.9 Å². The molecule has 7 heterocycles. The number of aliphatic imine (C=N–C) groups is 1. The van der Waals surface area contributed by atoms with E-state index in [4.69, 9.17) is 0 Å². The molecule has 12 rings (SSSR count). The van der Waals surface area contributed by atoms with Gasteiger partial charge >= 0.3 is 0 Å². The zero-order valence-corrected chi connectivity index (χ0v) is 65.5. The number of allylic oxidation sites excluding steroid dienone is 1. The number of benzene rings is 5. The van der Waals surface area contributed by atoms with E-state index in [1.54, 1.807) is 117 Å². The maximum absolute atomic E-state index is 14.5. The lowest BCUT2D eigenvalue weighted by molar-refractivity contribution is -0.118. The Morgan fingerprint density at radius 3 is 1.31 bits per heavy atom. The standard InChI is InChI=1S/C24H24N2O2.2C23H23N3O2.C21H19F3N4O2/c1-4-24(28)26(3)22-12-11-21(14-17(22)2)19-7-9-20(10-8-19)23(27)15-18-6-5-13-25-16-18;1-4-23(28)26(3)21-10-8-18(12-16(21)2)20-9-7-19(15-25-20)22(27)13-17-6-5-11-24-14-17;1-4-23(28)26(3)21-10-8-18(12-16(21)2)19-7-9-20(25-15-19)22(27)13-17-6-5-11-24-14-17;1-3-19(29)28(2)17-8-4-12(10-14(17)22)15-6-7-16(26-15)21(30)25-11-13-5-9-18(23)27-20(13)24/h5-14,16H,4,15H2,1-3H3;2*5-12,14-15H,4,13H2,1-3H3;4-5,7-10H,3,6,11H2,1-2H3,(H,25,30). The number of pyridine rings is 6. The first kappa shape index (κ1) is 84.6. The predicted octanol–water partition coefficient (Wildman–Crippen LogP) is 16.6. The van der Waals surface area contributed by atoms with Gasteiger partial charge in [-0.1, -0.05) is 100 Å². The van der Waals surface area contributed by atoms with Crippen LogP contribution >= 0.6 is 0 Å². The molecule has 582 valence electrons. The van der Waals surface area contributed by atoms with Crippen LogP contribution in [0.1, 0.15) is 136 Å². The van der Waals surface area contributed by atoms with Gasteiger partial charge in [-0.3, -0.25) is 63.3 Å². The quantitative estimate of drug-likeness (QED) is 0.0436. The Bertz CT molecular complexity index is 4950. The van der Waals surface area contributed by atoms with Crippen molar-refractivity contribution in [2.75, 3.05) is 47.8 Å². The number of carbonyl (C=O) groups is 8. The summed E-state index contributed by atoms with van der Waals surface area (Å²) in [6, 6.07) is 50.6. The summed E-state index contributed by atoms with van der Waals surface area (Å²) >= 11 is 0. The van der Waals surface area contributed by atoms with Crippen LogP contribution in [0.2, 0.25) is 0 Å². The first-order chi connectivity index (χ1) is 54.8. The number of Topliss-reactive ketones (excluding diaryl/α,β-unsaturated/α-hetero) is 3. The van der Waals surface area contributed by atoms with Gasteiger partial charge in [0.2, 0.25) is 35.5 Å². The van der Waals surface area contributed by atoms with Crippen LogP contribution in [0, 0.1) is 38.5 Å². The van der Waals surface area contributed by atoms with Gasteiger partial charge in [0.15, 0.2) is 17.3 Å². The number of rotatable bonds is 24. The zero-order chi connectivity index (χ0) is 82.1. The summed E-state index contributed by atoms with van der Waals surface area (Å²) in [5, 5.41) is 2.49. The minimum Gasteiger partial charge on any atom is -0.346 e. The molecule has 0 radical (unpaired) electrons. The van der Waals surface area contributed by atoms with Crippen LogP contribution in [0.4, 0.5) is 35.9 Å². The molecule has 0 saturated heterocycles. The number of carbonyl (C=O) groups excluding carboxylic acids is 8. The highest BCUT2D eigenvalue weighted by Gasteiger charge is 2.22. The van der Waals surface area contributed by atoms with E-state index in [2.05, 4.69) is 46.3 Å². The second kappa shape index (κ2) is 40.5. The van der Waals surface area contributed by atoms with Crippen LogP contribution in [-0.2, 0) is 49.8 Å². The fraction of sp³-hybridized carbons (Fsp3) is 0.220.